The van der Waals surface area contributed by atoms with Crippen molar-refractivity contribution in [3.05, 3.63) is 62.3 Å². The second-order valence-electron chi connectivity index (χ2n) is 4.65. The van der Waals surface area contributed by atoms with Crippen LogP contribution in [0.4, 0.5) is 4.39 Å². The topological polar surface area (TPSA) is 21.3 Å². The number of nitrogens with one attached hydrogen (secondary N) is 1. The maximum Gasteiger partial charge on any atom is 0.142 e. The lowest BCUT2D eigenvalue weighted by molar-refractivity contribution is 0.413. The lowest BCUT2D eigenvalue weighted by Crippen LogP contribution is -2.20. The van der Waals surface area contributed by atoms with Crippen LogP contribution in [0.2, 0.25) is 0 Å². The fraction of sp³-hybridized carbons (Fsp3) is 0.250. The van der Waals surface area contributed by atoms with Gasteiger partial charge in [0.1, 0.15) is 11.6 Å². The summed E-state index contributed by atoms with van der Waals surface area (Å²) in [7, 11) is 3.47. The van der Waals surface area contributed by atoms with Crippen molar-refractivity contribution in [2.45, 2.75) is 12.5 Å². The molecule has 1 unspecified atom stereocenters. The van der Waals surface area contributed by atoms with Crippen LogP contribution in [0.15, 0.2) is 45.3 Å². The Morgan fingerprint density at radius 3 is 2.62 bits per heavy atom. The van der Waals surface area contributed by atoms with Crippen molar-refractivity contribution in [3.63, 3.8) is 0 Å². The summed E-state index contributed by atoms with van der Waals surface area (Å²) in [5.74, 6) is 0.564. The maximum absolute atomic E-state index is 14.3. The number of benzene rings is 2. The van der Waals surface area contributed by atoms with Gasteiger partial charge in [-0.3, -0.25) is 0 Å². The lowest BCUT2D eigenvalue weighted by Gasteiger charge is -2.19. The van der Waals surface area contributed by atoms with Gasteiger partial charge in [-0.2, -0.15) is 0 Å². The van der Waals surface area contributed by atoms with Gasteiger partial charge in [-0.1, -0.05) is 28.1 Å². The van der Waals surface area contributed by atoms with E-state index in [-0.39, 0.29) is 11.9 Å². The first kappa shape index (κ1) is 16.5. The number of likely N-dealkylation sites (N-methyl/N-ethyl adjacent to an activating group) is 1. The minimum absolute atomic E-state index is 0.120. The molecule has 0 saturated heterocycles. The molecule has 1 atom stereocenters. The van der Waals surface area contributed by atoms with Gasteiger partial charge in [-0.15, -0.1) is 0 Å². The van der Waals surface area contributed by atoms with Crippen molar-refractivity contribution in [3.8, 4) is 5.75 Å². The first-order chi connectivity index (χ1) is 10.1. The van der Waals surface area contributed by atoms with Crippen LogP contribution in [0.1, 0.15) is 17.2 Å². The minimum Gasteiger partial charge on any atom is -0.497 e. The highest BCUT2D eigenvalue weighted by Crippen LogP contribution is 2.30. The molecule has 0 amide bonds. The van der Waals surface area contributed by atoms with Crippen LogP contribution in [0.25, 0.3) is 0 Å². The quantitative estimate of drug-likeness (QED) is 0.751. The molecule has 1 N–H and O–H groups in total. The minimum atomic E-state index is -0.226. The van der Waals surface area contributed by atoms with Gasteiger partial charge >= 0.3 is 0 Å². The molecule has 2 aromatic rings. The standard InChI is InChI=1S/C16H16Br2FNO/c1-20-15(12-4-3-5-14(18)16(12)19)9-10-8-11(21-2)6-7-13(10)17/h3-8,15,20H,9H2,1-2H3. The summed E-state index contributed by atoms with van der Waals surface area (Å²) in [4.78, 5) is 0. The fourth-order valence-corrected chi connectivity index (χ4v) is 3.00. The molecule has 21 heavy (non-hydrogen) atoms. The highest BCUT2D eigenvalue weighted by Gasteiger charge is 2.17. The molecule has 0 aliphatic carbocycles. The van der Waals surface area contributed by atoms with Crippen molar-refractivity contribution in [2.75, 3.05) is 14.2 Å². The zero-order valence-electron chi connectivity index (χ0n) is 11.8. The van der Waals surface area contributed by atoms with Crippen LogP contribution in [-0.4, -0.2) is 14.2 Å². The van der Waals surface area contributed by atoms with E-state index in [1.54, 1.807) is 19.2 Å². The van der Waals surface area contributed by atoms with Crippen LogP contribution >= 0.6 is 31.9 Å². The molecule has 2 nitrogen and oxygen atoms in total. The second kappa shape index (κ2) is 7.38. The van der Waals surface area contributed by atoms with Crippen LogP contribution < -0.4 is 10.1 Å². The Balaban J connectivity index is 2.33. The largest absolute Gasteiger partial charge is 0.497 e. The average molecular weight is 417 g/mol. The zero-order valence-corrected chi connectivity index (χ0v) is 15.0. The van der Waals surface area contributed by atoms with E-state index in [2.05, 4.69) is 37.2 Å². The molecular formula is C16H16Br2FNO. The molecule has 0 bridgehead atoms. The highest BCUT2D eigenvalue weighted by molar-refractivity contribution is 9.10. The van der Waals surface area contributed by atoms with E-state index in [1.807, 2.05) is 31.3 Å². The molecular weight excluding hydrogens is 401 g/mol. The van der Waals surface area contributed by atoms with Crippen LogP contribution in [0, 0.1) is 5.82 Å². The second-order valence-corrected chi connectivity index (χ2v) is 6.35. The smallest absolute Gasteiger partial charge is 0.142 e. The molecule has 0 aliphatic rings. The third kappa shape index (κ3) is 3.84. The van der Waals surface area contributed by atoms with E-state index < -0.39 is 0 Å². The third-order valence-electron chi connectivity index (χ3n) is 3.38. The summed E-state index contributed by atoms with van der Waals surface area (Å²) in [5.41, 5.74) is 1.70. The maximum atomic E-state index is 14.3. The Labute approximate surface area is 141 Å². The third-order valence-corrected chi connectivity index (χ3v) is 4.77. The van der Waals surface area contributed by atoms with Gasteiger partial charge in [-0.05, 0) is 59.2 Å². The monoisotopic (exact) mass is 415 g/mol. The summed E-state index contributed by atoms with van der Waals surface area (Å²) < 4.78 is 21.0. The molecule has 0 aliphatic heterocycles. The number of halogens is 3. The molecule has 0 fully saturated rings. The molecule has 2 aromatic carbocycles. The van der Waals surface area contributed by atoms with Crippen molar-refractivity contribution in [2.24, 2.45) is 0 Å². The van der Waals surface area contributed by atoms with E-state index in [4.69, 9.17) is 4.74 Å². The summed E-state index contributed by atoms with van der Waals surface area (Å²) in [6.07, 6.45) is 0.654. The van der Waals surface area contributed by atoms with E-state index >= 15 is 0 Å². The van der Waals surface area contributed by atoms with Crippen molar-refractivity contribution in [1.82, 2.24) is 5.32 Å². The van der Waals surface area contributed by atoms with Gasteiger partial charge in [0.25, 0.3) is 0 Å². The van der Waals surface area contributed by atoms with E-state index in [0.717, 1.165) is 15.8 Å². The lowest BCUT2D eigenvalue weighted by atomic mass is 9.98. The summed E-state index contributed by atoms with van der Waals surface area (Å²) >= 11 is 6.77. The first-order valence-corrected chi connectivity index (χ1v) is 8.09. The van der Waals surface area contributed by atoms with Crippen molar-refractivity contribution in [1.29, 1.82) is 0 Å². The molecule has 112 valence electrons. The van der Waals surface area contributed by atoms with Crippen molar-refractivity contribution < 1.29 is 9.13 Å². The van der Waals surface area contributed by atoms with E-state index in [0.29, 0.717) is 16.5 Å². The van der Waals surface area contributed by atoms with Gasteiger partial charge in [0, 0.05) is 16.1 Å². The van der Waals surface area contributed by atoms with Crippen LogP contribution in [0.5, 0.6) is 5.75 Å². The Morgan fingerprint density at radius 2 is 1.95 bits per heavy atom. The summed E-state index contributed by atoms with van der Waals surface area (Å²) in [6.45, 7) is 0. The molecule has 5 heteroatoms. The zero-order chi connectivity index (χ0) is 15.4. The van der Waals surface area contributed by atoms with Gasteiger partial charge in [-0.25, -0.2) is 4.39 Å². The molecule has 0 heterocycles. The summed E-state index contributed by atoms with van der Waals surface area (Å²) in [6, 6.07) is 11.0. The Bertz CT molecular complexity index is 634. The predicted octanol–water partition coefficient (Wildman–Crippen LogP) is 4.86. The Kier molecular flexibility index (Phi) is 5.79. The number of methoxy groups -OCH3 is 1. The SMILES string of the molecule is CNC(Cc1cc(OC)ccc1Br)c1cccc(Br)c1F. The van der Waals surface area contributed by atoms with Gasteiger partial charge in [0.15, 0.2) is 0 Å². The molecule has 0 saturated carbocycles. The van der Waals surface area contributed by atoms with E-state index in [9.17, 15) is 4.39 Å². The summed E-state index contributed by atoms with van der Waals surface area (Å²) in [5, 5.41) is 3.18. The number of hydrogen-bond donors (Lipinski definition) is 1. The molecule has 0 spiro atoms. The van der Waals surface area contributed by atoms with Gasteiger partial charge in [0.2, 0.25) is 0 Å². The number of rotatable bonds is 5. The first-order valence-electron chi connectivity index (χ1n) is 6.50. The van der Waals surface area contributed by atoms with Gasteiger partial charge in [0.05, 0.1) is 11.6 Å². The molecule has 0 aromatic heterocycles. The Hall–Kier alpha value is -0.910. The number of ether oxygens (including phenoxy) is 1. The molecule has 2 rings (SSSR count). The van der Waals surface area contributed by atoms with Crippen molar-refractivity contribution >= 4 is 31.9 Å². The Morgan fingerprint density at radius 1 is 1.19 bits per heavy atom. The fourth-order valence-electron chi connectivity index (χ4n) is 2.21. The highest BCUT2D eigenvalue weighted by atomic mass is 79.9. The predicted molar refractivity (Wildman–Crippen MR) is 90.3 cm³/mol. The number of hydrogen-bond acceptors (Lipinski definition) is 2. The van der Waals surface area contributed by atoms with Crippen LogP contribution in [0.3, 0.4) is 0 Å². The van der Waals surface area contributed by atoms with Gasteiger partial charge < -0.3 is 10.1 Å². The normalized spacial score (nSPS) is 12.2. The average Bonchev–Trinajstić information content (AvgIpc) is 2.49. The van der Waals surface area contributed by atoms with Crippen LogP contribution in [-0.2, 0) is 6.42 Å². The van der Waals surface area contributed by atoms with E-state index in [1.165, 1.54) is 0 Å². The molecule has 0 radical (unpaired) electrons.